The van der Waals surface area contributed by atoms with Crippen LogP contribution in [0.15, 0.2) is 53.6 Å². The molecule has 1 saturated carbocycles. The van der Waals surface area contributed by atoms with Gasteiger partial charge in [0, 0.05) is 23.7 Å². The number of aryl methyl sites for hydroxylation is 1. The van der Waals surface area contributed by atoms with Crippen LogP contribution >= 0.6 is 0 Å². The smallest absolute Gasteiger partial charge is 0.281 e. The zero-order valence-corrected chi connectivity index (χ0v) is 21.7. The van der Waals surface area contributed by atoms with Gasteiger partial charge in [-0.3, -0.25) is 4.79 Å². The number of nitrogens with one attached hydrogen (secondary N) is 1. The third-order valence-corrected chi connectivity index (χ3v) is 6.83. The van der Waals surface area contributed by atoms with Gasteiger partial charge in [-0.05, 0) is 49.2 Å². The number of sulfonamides is 1. The Kier molecular flexibility index (Phi) is 7.63. The number of halogens is 3. The molecule has 12 heteroatoms. The Labute approximate surface area is 218 Å². The summed E-state index contributed by atoms with van der Waals surface area (Å²) in [6.45, 7) is 5.38. The Morgan fingerprint density at radius 2 is 1.87 bits per heavy atom. The van der Waals surface area contributed by atoms with Crippen molar-refractivity contribution in [3.63, 3.8) is 0 Å². The van der Waals surface area contributed by atoms with Crippen LogP contribution in [0.25, 0.3) is 11.3 Å². The Morgan fingerprint density at radius 1 is 1.13 bits per heavy atom. The number of aromatic nitrogens is 2. The van der Waals surface area contributed by atoms with Crippen molar-refractivity contribution in [2.24, 2.45) is 11.8 Å². The SMILES string of the molecule is Cc1cccc(S(=O)(=O)NC(=O)c2ccc(-c3cc(F)cc(OCC(C)C)c3)nc2OCC2CC2(F)F)n1. The van der Waals surface area contributed by atoms with Gasteiger partial charge in [0.25, 0.3) is 21.9 Å². The fraction of sp³-hybridized carbons (Fsp3) is 0.346. The van der Waals surface area contributed by atoms with Gasteiger partial charge in [-0.15, -0.1) is 0 Å². The number of nitrogens with zero attached hydrogens (tertiary/aromatic N) is 2. The zero-order valence-electron chi connectivity index (χ0n) is 20.9. The Morgan fingerprint density at radius 3 is 2.53 bits per heavy atom. The standard InChI is InChI=1S/C26H26F3N3O5S/c1-15(2)13-36-20-10-17(9-19(27)11-20)22-8-7-21(25(31-22)37-14-18-12-26(18,28)29)24(33)32-38(34,35)23-6-4-5-16(3)30-23/h4-11,15,18H,12-14H2,1-3H3,(H,32,33). The van der Waals surface area contributed by atoms with Gasteiger partial charge >= 0.3 is 0 Å². The van der Waals surface area contributed by atoms with Gasteiger partial charge in [0.15, 0.2) is 5.03 Å². The first-order chi connectivity index (χ1) is 17.8. The lowest BCUT2D eigenvalue weighted by molar-refractivity contribution is 0.0845. The molecule has 0 aliphatic heterocycles. The minimum absolute atomic E-state index is 0.163. The second-order valence-electron chi connectivity index (χ2n) is 9.45. The first-order valence-electron chi connectivity index (χ1n) is 11.8. The lowest BCUT2D eigenvalue weighted by Gasteiger charge is -2.14. The molecule has 1 atom stereocenters. The number of hydrogen-bond donors (Lipinski definition) is 1. The van der Waals surface area contributed by atoms with Gasteiger partial charge in [-0.1, -0.05) is 19.9 Å². The minimum atomic E-state index is -4.35. The van der Waals surface area contributed by atoms with Crippen molar-refractivity contribution in [2.45, 2.75) is 38.1 Å². The molecule has 1 fully saturated rings. The summed E-state index contributed by atoms with van der Waals surface area (Å²) < 4.78 is 79.6. The fourth-order valence-corrected chi connectivity index (χ4v) is 4.45. The molecule has 4 rings (SSSR count). The van der Waals surface area contributed by atoms with Gasteiger partial charge in [0.05, 0.1) is 24.8 Å². The first kappa shape index (κ1) is 27.4. The van der Waals surface area contributed by atoms with Crippen LogP contribution in [0, 0.1) is 24.6 Å². The highest BCUT2D eigenvalue weighted by molar-refractivity contribution is 7.90. The van der Waals surface area contributed by atoms with Crippen LogP contribution in [0.5, 0.6) is 11.6 Å². The van der Waals surface area contributed by atoms with E-state index < -0.39 is 40.2 Å². The van der Waals surface area contributed by atoms with E-state index in [1.807, 2.05) is 18.6 Å². The summed E-state index contributed by atoms with van der Waals surface area (Å²) >= 11 is 0. The highest BCUT2D eigenvalue weighted by Crippen LogP contribution is 2.48. The molecule has 1 N–H and O–H groups in total. The van der Waals surface area contributed by atoms with Crippen LogP contribution in [-0.2, 0) is 10.0 Å². The molecule has 0 saturated heterocycles. The molecule has 1 amide bonds. The van der Waals surface area contributed by atoms with E-state index in [-0.39, 0.29) is 45.8 Å². The normalized spacial score (nSPS) is 16.2. The number of carbonyl (C=O) groups excluding carboxylic acids is 1. The summed E-state index contributed by atoms with van der Waals surface area (Å²) in [5, 5.41) is -0.371. The second-order valence-corrected chi connectivity index (χ2v) is 11.1. The van der Waals surface area contributed by atoms with E-state index in [9.17, 15) is 26.4 Å². The second kappa shape index (κ2) is 10.6. The average Bonchev–Trinajstić information content (AvgIpc) is 3.46. The predicted octanol–water partition coefficient (Wildman–Crippen LogP) is 4.78. The monoisotopic (exact) mass is 549 g/mol. The third-order valence-electron chi connectivity index (χ3n) is 5.60. The number of alkyl halides is 2. The maximum Gasteiger partial charge on any atom is 0.281 e. The van der Waals surface area contributed by atoms with Crippen molar-refractivity contribution >= 4 is 15.9 Å². The van der Waals surface area contributed by atoms with Crippen molar-refractivity contribution in [3.05, 3.63) is 65.6 Å². The number of ether oxygens (including phenoxy) is 2. The van der Waals surface area contributed by atoms with E-state index in [2.05, 4.69) is 9.97 Å². The van der Waals surface area contributed by atoms with Crippen LogP contribution in [-0.4, -0.2) is 43.4 Å². The van der Waals surface area contributed by atoms with Crippen molar-refractivity contribution < 1.29 is 35.9 Å². The van der Waals surface area contributed by atoms with Gasteiger partial charge in [0.1, 0.15) is 17.1 Å². The molecular weight excluding hydrogens is 523 g/mol. The molecule has 1 aliphatic carbocycles. The minimum Gasteiger partial charge on any atom is -0.493 e. The topological polar surface area (TPSA) is 107 Å². The number of pyridine rings is 2. The van der Waals surface area contributed by atoms with Crippen molar-refractivity contribution in [3.8, 4) is 22.9 Å². The Hall–Kier alpha value is -3.67. The van der Waals surface area contributed by atoms with E-state index in [0.717, 1.165) is 0 Å². The molecule has 2 heterocycles. The molecule has 2 aromatic heterocycles. The van der Waals surface area contributed by atoms with Crippen LogP contribution in [0.1, 0.15) is 36.3 Å². The summed E-state index contributed by atoms with van der Waals surface area (Å²) in [6, 6.07) is 10.8. The molecular formula is C26H26F3N3O5S. The molecule has 3 aromatic rings. The summed E-state index contributed by atoms with van der Waals surface area (Å²) in [6.07, 6.45) is -0.373. The molecule has 202 valence electrons. The van der Waals surface area contributed by atoms with E-state index in [4.69, 9.17) is 9.47 Å². The largest absolute Gasteiger partial charge is 0.493 e. The van der Waals surface area contributed by atoms with Gasteiger partial charge in [-0.2, -0.15) is 8.42 Å². The molecule has 0 bridgehead atoms. The van der Waals surface area contributed by atoms with Crippen molar-refractivity contribution in [1.29, 1.82) is 0 Å². The summed E-state index contributed by atoms with van der Waals surface area (Å²) in [5.74, 6) is -5.55. The number of hydrogen-bond acceptors (Lipinski definition) is 7. The molecule has 0 spiro atoms. The number of benzene rings is 1. The van der Waals surface area contributed by atoms with Crippen LogP contribution in [0.4, 0.5) is 13.2 Å². The Bertz CT molecular complexity index is 1460. The molecule has 0 radical (unpaired) electrons. The molecule has 8 nitrogen and oxygen atoms in total. The van der Waals surface area contributed by atoms with Crippen molar-refractivity contribution in [2.75, 3.05) is 13.2 Å². The zero-order chi connectivity index (χ0) is 27.7. The lowest BCUT2D eigenvalue weighted by atomic mass is 10.1. The number of carbonyl (C=O) groups is 1. The van der Waals surface area contributed by atoms with E-state index >= 15 is 0 Å². The predicted molar refractivity (Wildman–Crippen MR) is 132 cm³/mol. The molecule has 1 unspecified atom stereocenters. The van der Waals surface area contributed by atoms with Gasteiger partial charge in [0.2, 0.25) is 5.88 Å². The summed E-state index contributed by atoms with van der Waals surface area (Å²) in [5.41, 5.74) is 0.569. The first-order valence-corrected chi connectivity index (χ1v) is 13.3. The quantitative estimate of drug-likeness (QED) is 0.388. The third kappa shape index (κ3) is 6.60. The van der Waals surface area contributed by atoms with E-state index in [1.165, 1.54) is 36.4 Å². The van der Waals surface area contributed by atoms with Gasteiger partial charge < -0.3 is 9.47 Å². The Balaban J connectivity index is 1.65. The maximum absolute atomic E-state index is 14.3. The van der Waals surface area contributed by atoms with Gasteiger partial charge in [-0.25, -0.2) is 27.9 Å². The number of amides is 1. The van der Waals surface area contributed by atoms with E-state index in [1.54, 1.807) is 19.1 Å². The number of rotatable bonds is 10. The van der Waals surface area contributed by atoms with E-state index in [0.29, 0.717) is 12.3 Å². The fourth-order valence-electron chi connectivity index (χ4n) is 3.47. The molecule has 1 aliphatic rings. The van der Waals surface area contributed by atoms with Crippen LogP contribution in [0.2, 0.25) is 0 Å². The van der Waals surface area contributed by atoms with Crippen LogP contribution in [0.3, 0.4) is 0 Å². The lowest BCUT2D eigenvalue weighted by Crippen LogP contribution is -2.31. The van der Waals surface area contributed by atoms with Crippen molar-refractivity contribution in [1.82, 2.24) is 14.7 Å². The maximum atomic E-state index is 14.3. The summed E-state index contributed by atoms with van der Waals surface area (Å²) in [7, 11) is -4.35. The molecule has 38 heavy (non-hydrogen) atoms. The highest BCUT2D eigenvalue weighted by Gasteiger charge is 2.57. The average molecular weight is 550 g/mol. The highest BCUT2D eigenvalue weighted by atomic mass is 32.2. The van der Waals surface area contributed by atoms with Crippen LogP contribution < -0.4 is 14.2 Å². The summed E-state index contributed by atoms with van der Waals surface area (Å²) in [4.78, 5) is 21.1. The molecule has 1 aromatic carbocycles.